The van der Waals surface area contributed by atoms with Crippen molar-refractivity contribution in [2.24, 2.45) is 0 Å². The van der Waals surface area contributed by atoms with Gasteiger partial charge in [0.2, 0.25) is 5.91 Å². The Hall–Kier alpha value is -3.15. The van der Waals surface area contributed by atoms with Crippen molar-refractivity contribution in [3.63, 3.8) is 0 Å². The van der Waals surface area contributed by atoms with E-state index in [1.165, 1.54) is 4.90 Å². The molecule has 0 aliphatic heterocycles. The van der Waals surface area contributed by atoms with Crippen molar-refractivity contribution in [1.29, 1.82) is 0 Å². The van der Waals surface area contributed by atoms with E-state index in [1.807, 2.05) is 0 Å². The molecule has 0 spiro atoms. The summed E-state index contributed by atoms with van der Waals surface area (Å²) in [4.78, 5) is 42.0. The zero-order valence-electron chi connectivity index (χ0n) is 19.1. The van der Waals surface area contributed by atoms with Gasteiger partial charge in [0.15, 0.2) is 0 Å². The number of Topliss-reactive ketones (excluding diaryl/α,β-unsaturated/α-hetero) is 1. The number of nitrogens with zero attached hydrogens (tertiary/aromatic N) is 1. The van der Waals surface area contributed by atoms with Crippen LogP contribution in [0.1, 0.15) is 54.1 Å². The molecule has 3 aromatic rings. The van der Waals surface area contributed by atoms with E-state index < -0.39 is 17.7 Å². The molecule has 0 heterocycles. The lowest BCUT2D eigenvalue weighted by Crippen LogP contribution is -2.49. The Kier molecular flexibility index (Phi) is 8.21. The Bertz CT molecular complexity index is 1180. The highest BCUT2D eigenvalue weighted by atomic mass is 35.5. The van der Waals surface area contributed by atoms with Crippen LogP contribution in [0.4, 0.5) is 5.69 Å². The van der Waals surface area contributed by atoms with Gasteiger partial charge in [-0.05, 0) is 54.8 Å². The monoisotopic (exact) mass is 508 g/mol. The minimum atomic E-state index is -1.07. The van der Waals surface area contributed by atoms with Crippen molar-refractivity contribution in [3.8, 4) is 0 Å². The van der Waals surface area contributed by atoms with Gasteiger partial charge >= 0.3 is 0 Å². The van der Waals surface area contributed by atoms with Crippen LogP contribution < -0.4 is 10.2 Å². The van der Waals surface area contributed by atoms with Crippen LogP contribution in [0.25, 0.3) is 0 Å². The first-order valence-electron chi connectivity index (χ1n) is 11.7. The summed E-state index contributed by atoms with van der Waals surface area (Å²) in [6.45, 7) is 0. The summed E-state index contributed by atoms with van der Waals surface area (Å²) in [5, 5.41) is 4.11. The van der Waals surface area contributed by atoms with E-state index >= 15 is 0 Å². The largest absolute Gasteiger partial charge is 0.351 e. The molecule has 1 unspecified atom stereocenters. The average Bonchev–Trinajstić information content (AvgIpc) is 2.89. The number of anilines is 1. The number of nitrogens with one attached hydrogen (secondary N) is 1. The van der Waals surface area contributed by atoms with E-state index in [-0.39, 0.29) is 17.5 Å². The summed E-state index contributed by atoms with van der Waals surface area (Å²) >= 11 is 12.2. The number of amides is 2. The van der Waals surface area contributed by atoms with Gasteiger partial charge in [0, 0.05) is 27.3 Å². The minimum absolute atomic E-state index is 0.0260. The Balaban J connectivity index is 1.78. The summed E-state index contributed by atoms with van der Waals surface area (Å²) < 4.78 is 0. The number of hydrogen-bond donors (Lipinski definition) is 1. The molecular weight excluding hydrogens is 483 g/mol. The molecule has 7 heteroatoms. The van der Waals surface area contributed by atoms with Gasteiger partial charge in [0.1, 0.15) is 6.04 Å². The van der Waals surface area contributed by atoms with Crippen molar-refractivity contribution in [2.75, 3.05) is 4.90 Å². The van der Waals surface area contributed by atoms with Gasteiger partial charge in [-0.25, -0.2) is 0 Å². The van der Waals surface area contributed by atoms with Gasteiger partial charge < -0.3 is 5.32 Å². The quantitative estimate of drug-likeness (QED) is 0.296. The Labute approximate surface area is 215 Å². The van der Waals surface area contributed by atoms with Gasteiger partial charge in [-0.3, -0.25) is 19.3 Å². The number of hydrogen-bond acceptors (Lipinski definition) is 3. The third-order valence-corrected chi connectivity index (χ3v) is 6.70. The maximum Gasteiger partial charge on any atom is 0.300 e. The highest BCUT2D eigenvalue weighted by Crippen LogP contribution is 2.31. The molecule has 1 N–H and O–H groups in total. The van der Waals surface area contributed by atoms with Crippen LogP contribution in [-0.2, 0) is 9.59 Å². The first-order valence-corrected chi connectivity index (χ1v) is 12.4. The number of ketones is 1. The molecule has 35 heavy (non-hydrogen) atoms. The molecule has 4 rings (SSSR count). The van der Waals surface area contributed by atoms with Crippen molar-refractivity contribution >= 4 is 46.5 Å². The van der Waals surface area contributed by atoms with Gasteiger partial charge in [-0.2, -0.15) is 0 Å². The maximum atomic E-state index is 13.8. The fraction of sp³-hybridized carbons (Fsp3) is 0.250. The number of rotatable bonds is 7. The summed E-state index contributed by atoms with van der Waals surface area (Å²) in [7, 11) is 0. The minimum Gasteiger partial charge on any atom is -0.351 e. The first-order chi connectivity index (χ1) is 16.9. The molecule has 3 aromatic carbocycles. The van der Waals surface area contributed by atoms with Crippen LogP contribution in [0, 0.1) is 0 Å². The molecule has 180 valence electrons. The van der Waals surface area contributed by atoms with Gasteiger partial charge in [0.25, 0.3) is 11.7 Å². The predicted octanol–water partition coefficient (Wildman–Crippen LogP) is 6.40. The molecule has 0 radical (unpaired) electrons. The summed E-state index contributed by atoms with van der Waals surface area (Å²) in [6.07, 6.45) is 5.01. The average molecular weight is 509 g/mol. The zero-order chi connectivity index (χ0) is 24.8. The smallest absolute Gasteiger partial charge is 0.300 e. The predicted molar refractivity (Wildman–Crippen MR) is 139 cm³/mol. The van der Waals surface area contributed by atoms with Crippen molar-refractivity contribution in [3.05, 3.63) is 100 Å². The third-order valence-electron chi connectivity index (χ3n) is 6.20. The van der Waals surface area contributed by atoms with E-state index in [1.54, 1.807) is 78.9 Å². The number of benzene rings is 3. The first kappa shape index (κ1) is 25.0. The van der Waals surface area contributed by atoms with E-state index in [9.17, 15) is 14.4 Å². The Morgan fingerprint density at radius 1 is 0.771 bits per heavy atom. The molecule has 1 atom stereocenters. The summed E-state index contributed by atoms with van der Waals surface area (Å²) in [5.41, 5.74) is 1.19. The molecule has 1 saturated carbocycles. The Morgan fingerprint density at radius 2 is 1.34 bits per heavy atom. The van der Waals surface area contributed by atoms with Crippen LogP contribution in [0.5, 0.6) is 0 Å². The second-order valence-electron chi connectivity index (χ2n) is 8.64. The van der Waals surface area contributed by atoms with Crippen molar-refractivity contribution < 1.29 is 14.4 Å². The van der Waals surface area contributed by atoms with Crippen LogP contribution in [0.15, 0.2) is 78.9 Å². The molecular formula is C28H26Cl2N2O3. The SMILES string of the molecule is O=C(C(=O)N(c1ccc(Cl)cc1)C(C(=O)NC1CCCCC1)c1ccc(Cl)cc1)c1ccccc1. The highest BCUT2D eigenvalue weighted by Gasteiger charge is 2.37. The van der Waals surface area contributed by atoms with E-state index in [2.05, 4.69) is 5.32 Å². The standard InChI is InChI=1S/C28H26Cl2N2O3/c29-21-13-11-19(12-14-21)25(27(34)31-23-9-5-2-6-10-23)32(24-17-15-22(30)16-18-24)28(35)26(33)20-7-3-1-4-8-20/h1,3-4,7-8,11-18,23,25H,2,5-6,9-10H2,(H,31,34). The van der Waals surface area contributed by atoms with Gasteiger partial charge in [-0.15, -0.1) is 0 Å². The van der Waals surface area contributed by atoms with Gasteiger partial charge in [-0.1, -0.05) is 84.9 Å². The zero-order valence-corrected chi connectivity index (χ0v) is 20.6. The number of halogens is 2. The lowest BCUT2D eigenvalue weighted by Gasteiger charge is -2.33. The normalized spacial score (nSPS) is 14.7. The number of carbonyl (C=O) groups excluding carboxylic acids is 3. The number of carbonyl (C=O) groups is 3. The van der Waals surface area contributed by atoms with Crippen LogP contribution in [0.3, 0.4) is 0 Å². The molecule has 1 aliphatic carbocycles. The molecule has 0 aromatic heterocycles. The van der Waals surface area contributed by atoms with Crippen LogP contribution >= 0.6 is 23.2 Å². The van der Waals surface area contributed by atoms with Crippen LogP contribution in [-0.4, -0.2) is 23.6 Å². The van der Waals surface area contributed by atoms with E-state index in [0.29, 0.717) is 21.3 Å². The summed E-state index contributed by atoms with van der Waals surface area (Å²) in [5.74, 6) is -1.86. The fourth-order valence-corrected chi connectivity index (χ4v) is 4.65. The molecule has 1 fully saturated rings. The van der Waals surface area contributed by atoms with Gasteiger partial charge in [0.05, 0.1) is 0 Å². The molecule has 5 nitrogen and oxygen atoms in total. The van der Waals surface area contributed by atoms with Crippen molar-refractivity contribution in [1.82, 2.24) is 5.32 Å². The van der Waals surface area contributed by atoms with E-state index in [4.69, 9.17) is 23.2 Å². The fourth-order valence-electron chi connectivity index (χ4n) is 4.40. The van der Waals surface area contributed by atoms with Crippen LogP contribution in [0.2, 0.25) is 10.0 Å². The van der Waals surface area contributed by atoms with E-state index in [0.717, 1.165) is 32.1 Å². The lowest BCUT2D eigenvalue weighted by atomic mass is 9.94. The topological polar surface area (TPSA) is 66.5 Å². The second kappa shape index (κ2) is 11.5. The lowest BCUT2D eigenvalue weighted by molar-refractivity contribution is -0.126. The Morgan fingerprint density at radius 3 is 1.94 bits per heavy atom. The highest BCUT2D eigenvalue weighted by molar-refractivity contribution is 6.47. The second-order valence-corrected chi connectivity index (χ2v) is 9.52. The molecule has 0 saturated heterocycles. The van der Waals surface area contributed by atoms with Crippen molar-refractivity contribution in [2.45, 2.75) is 44.2 Å². The molecule has 2 amide bonds. The third kappa shape index (κ3) is 6.11. The molecule has 0 bridgehead atoms. The molecule has 1 aliphatic rings. The maximum absolute atomic E-state index is 13.8. The summed E-state index contributed by atoms with van der Waals surface area (Å²) in [6, 6.07) is 20.5.